The normalized spacial score (nSPS) is 12.0. The third kappa shape index (κ3) is 6.14. The number of para-hydroxylation sites is 1. The van der Waals surface area contributed by atoms with Gasteiger partial charge in [0, 0.05) is 27.9 Å². The Hall–Kier alpha value is -5.28. The van der Waals surface area contributed by atoms with Crippen LogP contribution in [0.15, 0.2) is 138 Å². The van der Waals surface area contributed by atoms with Gasteiger partial charge in [0.25, 0.3) is 0 Å². The molecule has 7 aromatic rings. The van der Waals surface area contributed by atoms with Crippen LogP contribution in [-0.4, -0.2) is 0 Å². The Balaban J connectivity index is 1.41. The monoisotopic (exact) mass is 614 g/mol. The summed E-state index contributed by atoms with van der Waals surface area (Å²) < 4.78 is 6.20. The topological polar surface area (TPSA) is 37.2 Å². The van der Waals surface area contributed by atoms with Gasteiger partial charge >= 0.3 is 0 Å². The zero-order valence-corrected chi connectivity index (χ0v) is 28.1. The molecule has 3 heteroatoms. The quantitative estimate of drug-likeness (QED) is 0.196. The highest BCUT2D eigenvalue weighted by molar-refractivity contribution is 6.12. The van der Waals surface area contributed by atoms with Gasteiger partial charge in [0.15, 0.2) is 0 Å². The van der Waals surface area contributed by atoms with Crippen LogP contribution >= 0.6 is 0 Å². The molecule has 0 aliphatic heterocycles. The molecule has 47 heavy (non-hydrogen) atoms. The number of fused-ring (bicyclic) bond motifs is 3. The highest BCUT2D eigenvalue weighted by Crippen LogP contribution is 2.44. The first kappa shape index (κ1) is 30.4. The zero-order chi connectivity index (χ0) is 32.8. The molecular formula is C44H42N2O. The standard InChI is InChI=1S/C44H42N2O/c1-43(2,3)31-24-33(45-38-21-15-23-40-41(38)35-20-13-14-22-39(35)47-40)28-34(25-31)46-42-36(29-16-9-7-10-17-29)26-32(44(4,5)6)27-37(42)30-18-11-8-12-19-30/h7-28,45-46H,1-6H3. The maximum Gasteiger partial charge on any atom is 0.137 e. The van der Waals surface area contributed by atoms with Crippen LogP contribution in [0.4, 0.5) is 22.7 Å². The first-order chi connectivity index (χ1) is 22.5. The van der Waals surface area contributed by atoms with Gasteiger partial charge in [-0.2, -0.15) is 0 Å². The number of furan rings is 1. The van der Waals surface area contributed by atoms with Gasteiger partial charge in [-0.15, -0.1) is 0 Å². The van der Waals surface area contributed by atoms with Gasteiger partial charge in [-0.05, 0) is 81.6 Å². The fourth-order valence-corrected chi connectivity index (χ4v) is 6.28. The van der Waals surface area contributed by atoms with Crippen LogP contribution in [0, 0.1) is 0 Å². The minimum absolute atomic E-state index is 0.0207. The molecule has 2 N–H and O–H groups in total. The van der Waals surface area contributed by atoms with Crippen molar-refractivity contribution in [2.24, 2.45) is 0 Å². The van der Waals surface area contributed by atoms with E-state index in [1.807, 2.05) is 18.2 Å². The van der Waals surface area contributed by atoms with E-state index in [2.05, 4.69) is 167 Å². The fraction of sp³-hybridized carbons (Fsp3) is 0.182. The lowest BCUT2D eigenvalue weighted by atomic mass is 9.82. The Labute approximate surface area is 278 Å². The summed E-state index contributed by atoms with van der Waals surface area (Å²) in [5.74, 6) is 0. The molecule has 0 amide bonds. The van der Waals surface area contributed by atoms with E-state index in [4.69, 9.17) is 4.42 Å². The van der Waals surface area contributed by atoms with E-state index in [9.17, 15) is 0 Å². The van der Waals surface area contributed by atoms with Crippen LogP contribution in [0.3, 0.4) is 0 Å². The number of anilines is 4. The van der Waals surface area contributed by atoms with Crippen molar-refractivity contribution < 1.29 is 4.42 Å². The lowest BCUT2D eigenvalue weighted by Gasteiger charge is -2.26. The molecule has 0 fully saturated rings. The summed E-state index contributed by atoms with van der Waals surface area (Å²) in [5, 5.41) is 9.94. The third-order valence-corrected chi connectivity index (χ3v) is 8.92. The molecule has 0 saturated carbocycles. The Morgan fingerprint density at radius 1 is 0.468 bits per heavy atom. The summed E-state index contributed by atoms with van der Waals surface area (Å²) in [6, 6.07) is 47.4. The highest BCUT2D eigenvalue weighted by atomic mass is 16.3. The molecular weight excluding hydrogens is 572 g/mol. The van der Waals surface area contributed by atoms with Crippen LogP contribution < -0.4 is 10.6 Å². The molecule has 0 bridgehead atoms. The van der Waals surface area contributed by atoms with Gasteiger partial charge in [0.05, 0.1) is 16.8 Å². The average Bonchev–Trinajstić information content (AvgIpc) is 3.44. The van der Waals surface area contributed by atoms with E-state index < -0.39 is 0 Å². The molecule has 0 aliphatic rings. The van der Waals surface area contributed by atoms with Crippen LogP contribution in [0.2, 0.25) is 0 Å². The van der Waals surface area contributed by atoms with Crippen molar-refractivity contribution in [3.8, 4) is 22.3 Å². The van der Waals surface area contributed by atoms with Gasteiger partial charge in [-0.3, -0.25) is 0 Å². The Bertz CT molecular complexity index is 2140. The maximum absolute atomic E-state index is 6.20. The van der Waals surface area contributed by atoms with Crippen molar-refractivity contribution >= 4 is 44.7 Å². The molecule has 234 valence electrons. The second-order valence-electron chi connectivity index (χ2n) is 14.5. The smallest absolute Gasteiger partial charge is 0.137 e. The Morgan fingerprint density at radius 3 is 1.57 bits per heavy atom. The molecule has 7 rings (SSSR count). The number of nitrogens with one attached hydrogen (secondary N) is 2. The van der Waals surface area contributed by atoms with Crippen molar-refractivity contribution in [2.45, 2.75) is 52.4 Å². The average molecular weight is 615 g/mol. The summed E-state index contributed by atoms with van der Waals surface area (Å²) in [7, 11) is 0. The summed E-state index contributed by atoms with van der Waals surface area (Å²) in [5.41, 5.74) is 13.1. The van der Waals surface area contributed by atoms with Crippen LogP contribution in [-0.2, 0) is 10.8 Å². The van der Waals surface area contributed by atoms with E-state index >= 15 is 0 Å². The van der Waals surface area contributed by atoms with Gasteiger partial charge in [0.2, 0.25) is 0 Å². The molecule has 1 heterocycles. The van der Waals surface area contributed by atoms with Crippen molar-refractivity contribution in [1.29, 1.82) is 0 Å². The maximum atomic E-state index is 6.20. The minimum Gasteiger partial charge on any atom is -0.456 e. The predicted octanol–water partition coefficient (Wildman–Crippen LogP) is 13.0. The molecule has 0 radical (unpaired) electrons. The Kier molecular flexibility index (Phi) is 7.64. The first-order valence-corrected chi connectivity index (χ1v) is 16.4. The van der Waals surface area contributed by atoms with Crippen molar-refractivity contribution in [3.05, 3.63) is 145 Å². The summed E-state index contributed by atoms with van der Waals surface area (Å²) in [6.45, 7) is 13.7. The van der Waals surface area contributed by atoms with Gasteiger partial charge in [0.1, 0.15) is 11.2 Å². The largest absolute Gasteiger partial charge is 0.456 e. The minimum atomic E-state index is -0.0664. The van der Waals surface area contributed by atoms with E-state index in [1.54, 1.807) is 0 Å². The number of benzene rings is 6. The second kappa shape index (κ2) is 11.8. The molecule has 0 saturated heterocycles. The molecule has 6 aromatic carbocycles. The number of rotatable bonds is 6. The Morgan fingerprint density at radius 2 is 0.979 bits per heavy atom. The number of hydrogen-bond acceptors (Lipinski definition) is 3. The lowest BCUT2D eigenvalue weighted by molar-refractivity contribution is 0.590. The van der Waals surface area contributed by atoms with E-state index in [-0.39, 0.29) is 10.8 Å². The SMILES string of the molecule is CC(C)(C)c1cc(Nc2c(-c3ccccc3)cc(C(C)(C)C)cc2-c2ccccc2)cc(Nc2cccc3oc4ccccc4c23)c1. The highest BCUT2D eigenvalue weighted by Gasteiger charge is 2.22. The van der Waals surface area contributed by atoms with Crippen LogP contribution in [0.25, 0.3) is 44.2 Å². The van der Waals surface area contributed by atoms with Crippen LogP contribution in [0.1, 0.15) is 52.7 Å². The molecule has 0 atom stereocenters. The number of hydrogen-bond donors (Lipinski definition) is 2. The van der Waals surface area contributed by atoms with Crippen molar-refractivity contribution in [1.82, 2.24) is 0 Å². The molecule has 3 nitrogen and oxygen atoms in total. The fourth-order valence-electron chi connectivity index (χ4n) is 6.28. The molecule has 0 unspecified atom stereocenters. The van der Waals surface area contributed by atoms with Crippen molar-refractivity contribution in [2.75, 3.05) is 10.6 Å². The van der Waals surface area contributed by atoms with E-state index in [0.29, 0.717) is 0 Å². The zero-order valence-electron chi connectivity index (χ0n) is 28.1. The van der Waals surface area contributed by atoms with E-state index in [1.165, 1.54) is 33.4 Å². The van der Waals surface area contributed by atoms with Gasteiger partial charge in [-0.1, -0.05) is 126 Å². The molecule has 1 aromatic heterocycles. The summed E-state index contributed by atoms with van der Waals surface area (Å²) in [6.07, 6.45) is 0. The van der Waals surface area contributed by atoms with Crippen LogP contribution in [0.5, 0.6) is 0 Å². The summed E-state index contributed by atoms with van der Waals surface area (Å²) >= 11 is 0. The van der Waals surface area contributed by atoms with Gasteiger partial charge < -0.3 is 15.1 Å². The van der Waals surface area contributed by atoms with E-state index in [0.717, 1.165) is 44.7 Å². The predicted molar refractivity (Wildman–Crippen MR) is 201 cm³/mol. The van der Waals surface area contributed by atoms with Crippen molar-refractivity contribution in [3.63, 3.8) is 0 Å². The first-order valence-electron chi connectivity index (χ1n) is 16.4. The lowest BCUT2D eigenvalue weighted by Crippen LogP contribution is -2.13. The molecule has 0 spiro atoms. The van der Waals surface area contributed by atoms with Gasteiger partial charge in [-0.25, -0.2) is 0 Å². The summed E-state index contributed by atoms with van der Waals surface area (Å²) in [4.78, 5) is 0. The second-order valence-corrected chi connectivity index (χ2v) is 14.5. The third-order valence-electron chi connectivity index (χ3n) is 8.92. The molecule has 0 aliphatic carbocycles.